The monoisotopic (exact) mass is 350 g/mol. The first-order valence-corrected chi connectivity index (χ1v) is 8.75. The van der Waals surface area contributed by atoms with E-state index in [-0.39, 0.29) is 30.4 Å². The van der Waals surface area contributed by atoms with Crippen molar-refractivity contribution in [2.45, 2.75) is 44.9 Å². The van der Waals surface area contributed by atoms with Gasteiger partial charge in [-0.3, -0.25) is 9.59 Å². The molecule has 2 aromatic carbocycles. The smallest absolute Gasteiger partial charge is 0.194 e. The first-order chi connectivity index (χ1) is 12.4. The van der Waals surface area contributed by atoms with Crippen molar-refractivity contribution in [2.75, 3.05) is 0 Å². The fourth-order valence-corrected chi connectivity index (χ4v) is 4.54. The Balaban J connectivity index is 1.76. The molecule has 1 fully saturated rings. The lowest BCUT2D eigenvalue weighted by atomic mass is 9.79. The summed E-state index contributed by atoms with van der Waals surface area (Å²) in [6.45, 7) is 3.49. The second-order valence-electron chi connectivity index (χ2n) is 7.51. The van der Waals surface area contributed by atoms with Gasteiger partial charge in [-0.05, 0) is 36.6 Å². The number of fused-ring (bicyclic) bond motifs is 6. The Hall–Kier alpha value is -2.34. The van der Waals surface area contributed by atoms with E-state index in [0.29, 0.717) is 34.2 Å². The largest absolute Gasteiger partial charge is 0.392 e. The van der Waals surface area contributed by atoms with Crippen molar-refractivity contribution in [3.63, 3.8) is 0 Å². The number of hydrogen-bond donors (Lipinski definition) is 1. The molecule has 2 aliphatic carbocycles. The minimum Gasteiger partial charge on any atom is -0.392 e. The molecule has 5 rings (SSSR count). The maximum absolute atomic E-state index is 13.2. The number of hydrogen-bond acceptors (Lipinski definition) is 5. The van der Waals surface area contributed by atoms with Crippen LogP contribution in [0.5, 0.6) is 0 Å². The Kier molecular flexibility index (Phi) is 3.11. The van der Waals surface area contributed by atoms with Gasteiger partial charge >= 0.3 is 0 Å². The standard InChI is InChI=1S/C21H18O5/c1-21(2)25-15-8-13-16(20(15)26-21)10(9-22)7-14-17(13)19(24)12-6-4-3-5-11(12)18(14)23/h3-7,15,20,22H,8-9H2,1-2H3. The molecule has 0 saturated carbocycles. The molecule has 3 aliphatic rings. The topological polar surface area (TPSA) is 72.8 Å². The van der Waals surface area contributed by atoms with Gasteiger partial charge < -0.3 is 14.6 Å². The molecular formula is C21H18O5. The normalized spacial score (nSPS) is 24.9. The third kappa shape index (κ3) is 1.96. The van der Waals surface area contributed by atoms with E-state index in [9.17, 15) is 14.7 Å². The minimum absolute atomic E-state index is 0.143. The molecule has 0 aromatic heterocycles. The molecule has 1 saturated heterocycles. The zero-order valence-corrected chi connectivity index (χ0v) is 14.5. The van der Waals surface area contributed by atoms with Crippen LogP contribution in [-0.2, 0) is 22.5 Å². The van der Waals surface area contributed by atoms with Gasteiger partial charge in [0.05, 0.1) is 12.7 Å². The highest BCUT2D eigenvalue weighted by Gasteiger charge is 2.50. The Morgan fingerprint density at radius 2 is 1.77 bits per heavy atom. The summed E-state index contributed by atoms with van der Waals surface area (Å²) in [5.74, 6) is -1.02. The van der Waals surface area contributed by atoms with Crippen molar-refractivity contribution < 1.29 is 24.2 Å². The average molecular weight is 350 g/mol. The van der Waals surface area contributed by atoms with Gasteiger partial charge in [0.25, 0.3) is 0 Å². The van der Waals surface area contributed by atoms with Crippen molar-refractivity contribution in [3.8, 4) is 0 Å². The summed E-state index contributed by atoms with van der Waals surface area (Å²) in [6, 6.07) is 8.54. The van der Waals surface area contributed by atoms with Crippen LogP contribution in [0.15, 0.2) is 30.3 Å². The van der Waals surface area contributed by atoms with E-state index in [1.54, 1.807) is 30.3 Å². The quantitative estimate of drug-likeness (QED) is 0.730. The lowest BCUT2D eigenvalue weighted by molar-refractivity contribution is -0.148. The van der Waals surface area contributed by atoms with Crippen molar-refractivity contribution in [2.24, 2.45) is 0 Å². The van der Waals surface area contributed by atoms with E-state index < -0.39 is 5.79 Å². The highest BCUT2D eigenvalue weighted by atomic mass is 16.8. The summed E-state index contributed by atoms with van der Waals surface area (Å²) in [5, 5.41) is 9.91. The Morgan fingerprint density at radius 3 is 2.46 bits per heavy atom. The van der Waals surface area contributed by atoms with Crippen molar-refractivity contribution in [1.29, 1.82) is 0 Å². The third-order valence-corrected chi connectivity index (χ3v) is 5.49. The van der Waals surface area contributed by atoms with Crippen LogP contribution in [0.25, 0.3) is 0 Å². The van der Waals surface area contributed by atoms with Crippen LogP contribution in [-0.4, -0.2) is 28.6 Å². The van der Waals surface area contributed by atoms with Crippen molar-refractivity contribution >= 4 is 11.6 Å². The molecule has 132 valence electrons. The van der Waals surface area contributed by atoms with Crippen molar-refractivity contribution in [1.82, 2.24) is 0 Å². The van der Waals surface area contributed by atoms with Gasteiger partial charge in [0.1, 0.15) is 6.10 Å². The summed E-state index contributed by atoms with van der Waals surface area (Å²) in [4.78, 5) is 26.1. The molecule has 0 radical (unpaired) electrons. The first-order valence-electron chi connectivity index (χ1n) is 8.75. The SMILES string of the molecule is CC1(C)OC2Cc3c4c(cc(CO)c3C2O1)C(=O)c1ccccc1C4=O. The average Bonchev–Trinajstić information content (AvgIpc) is 3.10. The van der Waals surface area contributed by atoms with E-state index in [0.717, 1.165) is 11.1 Å². The number of aliphatic hydroxyl groups excluding tert-OH is 1. The van der Waals surface area contributed by atoms with Crippen LogP contribution >= 0.6 is 0 Å². The van der Waals surface area contributed by atoms with Crippen LogP contribution in [0.4, 0.5) is 0 Å². The maximum Gasteiger partial charge on any atom is 0.194 e. The number of benzene rings is 2. The fraction of sp³-hybridized carbons (Fsp3) is 0.333. The van der Waals surface area contributed by atoms with E-state index >= 15 is 0 Å². The minimum atomic E-state index is -0.706. The highest BCUT2D eigenvalue weighted by molar-refractivity contribution is 6.29. The summed E-state index contributed by atoms with van der Waals surface area (Å²) in [7, 11) is 0. The van der Waals surface area contributed by atoms with Gasteiger partial charge in [-0.1, -0.05) is 24.3 Å². The van der Waals surface area contributed by atoms with E-state index in [4.69, 9.17) is 9.47 Å². The molecule has 2 aromatic rings. The van der Waals surface area contributed by atoms with Crippen LogP contribution in [0.2, 0.25) is 0 Å². The molecule has 0 spiro atoms. The zero-order chi connectivity index (χ0) is 18.2. The Bertz CT molecular complexity index is 988. The summed E-state index contributed by atoms with van der Waals surface area (Å²) >= 11 is 0. The predicted octanol–water partition coefficient (Wildman–Crippen LogP) is 2.70. The van der Waals surface area contributed by atoms with Gasteiger partial charge in [-0.2, -0.15) is 0 Å². The lowest BCUT2D eigenvalue weighted by Crippen LogP contribution is -2.25. The van der Waals surface area contributed by atoms with Gasteiger partial charge in [0.2, 0.25) is 0 Å². The van der Waals surface area contributed by atoms with Gasteiger partial charge in [0.15, 0.2) is 17.4 Å². The number of ketones is 2. The van der Waals surface area contributed by atoms with E-state index in [1.165, 1.54) is 0 Å². The summed E-state index contributed by atoms with van der Waals surface area (Å²) in [6.07, 6.45) is -0.0368. The predicted molar refractivity (Wildman–Crippen MR) is 92.2 cm³/mol. The van der Waals surface area contributed by atoms with Crippen LogP contribution < -0.4 is 0 Å². The maximum atomic E-state index is 13.2. The molecule has 2 atom stereocenters. The molecule has 26 heavy (non-hydrogen) atoms. The molecule has 1 aliphatic heterocycles. The van der Waals surface area contributed by atoms with Crippen LogP contribution in [0.3, 0.4) is 0 Å². The number of rotatable bonds is 1. The zero-order valence-electron chi connectivity index (χ0n) is 14.5. The Morgan fingerprint density at radius 1 is 1.08 bits per heavy atom. The van der Waals surface area contributed by atoms with Gasteiger partial charge in [0, 0.05) is 28.7 Å². The van der Waals surface area contributed by atoms with E-state index in [1.807, 2.05) is 13.8 Å². The fourth-order valence-electron chi connectivity index (χ4n) is 4.54. The number of carbonyl (C=O) groups excluding carboxylic acids is 2. The number of aliphatic hydroxyl groups is 1. The van der Waals surface area contributed by atoms with Gasteiger partial charge in [-0.15, -0.1) is 0 Å². The molecule has 5 heteroatoms. The highest BCUT2D eigenvalue weighted by Crippen LogP contribution is 2.49. The molecule has 1 N–H and O–H groups in total. The third-order valence-electron chi connectivity index (χ3n) is 5.49. The number of ether oxygens (including phenoxy) is 2. The lowest BCUT2D eigenvalue weighted by Gasteiger charge is -2.24. The van der Waals surface area contributed by atoms with Crippen molar-refractivity contribution in [3.05, 3.63) is 69.3 Å². The molecule has 2 unspecified atom stereocenters. The molecule has 0 bridgehead atoms. The molecule has 1 heterocycles. The van der Waals surface area contributed by atoms with Crippen LogP contribution in [0, 0.1) is 0 Å². The number of carbonyl (C=O) groups is 2. The summed E-state index contributed by atoms with van der Waals surface area (Å²) < 4.78 is 12.0. The van der Waals surface area contributed by atoms with Gasteiger partial charge in [-0.25, -0.2) is 0 Å². The van der Waals surface area contributed by atoms with E-state index in [2.05, 4.69) is 0 Å². The molecule has 5 nitrogen and oxygen atoms in total. The Labute approximate surface area is 150 Å². The van der Waals surface area contributed by atoms with Crippen LogP contribution in [0.1, 0.15) is 68.5 Å². The second kappa shape index (κ2) is 5.10. The molecular weight excluding hydrogens is 332 g/mol. The summed E-state index contributed by atoms with van der Waals surface area (Å²) in [5.41, 5.74) is 3.89. The first kappa shape index (κ1) is 15.9. The molecule has 0 amide bonds. The second-order valence-corrected chi connectivity index (χ2v) is 7.51.